The lowest BCUT2D eigenvalue weighted by Gasteiger charge is -2.21. The van der Waals surface area contributed by atoms with E-state index in [2.05, 4.69) is 366 Å². The van der Waals surface area contributed by atoms with Crippen molar-refractivity contribution in [2.45, 2.75) is 0 Å². The number of aromatic nitrogens is 9. The molecule has 0 aliphatic rings. The van der Waals surface area contributed by atoms with Crippen molar-refractivity contribution in [3.63, 3.8) is 0 Å². The van der Waals surface area contributed by atoms with Crippen LogP contribution in [0.15, 0.2) is 388 Å². The largest absolute Gasteiger partial charge is 0.309 e. The molecular formula is C106H64N10. The number of hydrogen-bond acceptors (Lipinski definition) is 3. The summed E-state index contributed by atoms with van der Waals surface area (Å²) in [5.41, 5.74) is 25.8. The van der Waals surface area contributed by atoms with Crippen LogP contribution in [0.5, 0.6) is 0 Å². The van der Waals surface area contributed by atoms with Crippen molar-refractivity contribution < 1.29 is 0 Å². The minimum absolute atomic E-state index is 0.524. The Hall–Kier alpha value is -16.0. The summed E-state index contributed by atoms with van der Waals surface area (Å²) < 4.78 is 14.7. The molecule has 116 heavy (non-hydrogen) atoms. The molecule has 7 heterocycles. The van der Waals surface area contributed by atoms with E-state index in [0.717, 1.165) is 161 Å². The number of fused-ring (bicyclic) bond motifs is 18. The van der Waals surface area contributed by atoms with E-state index in [4.69, 9.17) is 21.5 Å². The van der Waals surface area contributed by atoms with E-state index in [-0.39, 0.29) is 0 Å². The Morgan fingerprint density at radius 2 is 0.466 bits per heavy atom. The van der Waals surface area contributed by atoms with Crippen LogP contribution in [0.3, 0.4) is 0 Å². The normalized spacial score (nSPS) is 12.0. The maximum Gasteiger partial charge on any atom is 0.194 e. The van der Waals surface area contributed by atoms with Crippen molar-refractivity contribution >= 4 is 137 Å². The molecule has 0 saturated carbocycles. The highest BCUT2D eigenvalue weighted by Crippen LogP contribution is 2.48. The first-order valence-electron chi connectivity index (χ1n) is 39.3. The van der Waals surface area contributed by atoms with Gasteiger partial charge in [0.2, 0.25) is 0 Å². The predicted molar refractivity (Wildman–Crippen MR) is 479 cm³/mol. The van der Waals surface area contributed by atoms with Gasteiger partial charge in [-0.15, -0.1) is 0 Å². The summed E-state index contributed by atoms with van der Waals surface area (Å²) in [4.78, 5) is 20.4. The maximum atomic E-state index is 8.71. The van der Waals surface area contributed by atoms with E-state index >= 15 is 0 Å². The molecule has 24 rings (SSSR count). The van der Waals surface area contributed by atoms with Gasteiger partial charge in [0.05, 0.1) is 84.1 Å². The van der Waals surface area contributed by atoms with Crippen LogP contribution in [0.25, 0.3) is 226 Å². The van der Waals surface area contributed by atoms with Gasteiger partial charge < -0.3 is 27.4 Å². The first-order chi connectivity index (χ1) is 57.5. The van der Waals surface area contributed by atoms with Crippen LogP contribution < -0.4 is 0 Å². The fourth-order valence-corrected chi connectivity index (χ4v) is 18.8. The van der Waals surface area contributed by atoms with Gasteiger partial charge in [0.1, 0.15) is 0 Å². The summed E-state index contributed by atoms with van der Waals surface area (Å²) in [6.07, 6.45) is 0. The van der Waals surface area contributed by atoms with E-state index in [1.54, 1.807) is 0 Å². The molecule has 0 spiro atoms. The van der Waals surface area contributed by atoms with Crippen molar-refractivity contribution in [3.05, 3.63) is 400 Å². The van der Waals surface area contributed by atoms with Crippen LogP contribution >= 0.6 is 0 Å². The molecule has 0 aliphatic heterocycles. The number of rotatable bonds is 11. The second-order valence-electron chi connectivity index (χ2n) is 30.1. The van der Waals surface area contributed by atoms with E-state index in [1.165, 1.54) is 43.1 Å². The molecule has 0 N–H and O–H groups in total. The molecule has 10 heteroatoms. The van der Waals surface area contributed by atoms with Gasteiger partial charge >= 0.3 is 0 Å². The molecule has 0 saturated heterocycles. The van der Waals surface area contributed by atoms with Gasteiger partial charge in [0.25, 0.3) is 0 Å². The summed E-state index contributed by atoms with van der Waals surface area (Å²) in [5, 5.41) is 13.9. The molecule has 24 aromatic rings. The van der Waals surface area contributed by atoms with Crippen LogP contribution in [-0.2, 0) is 0 Å². The zero-order valence-electron chi connectivity index (χ0n) is 62.4. The summed E-state index contributed by atoms with van der Waals surface area (Å²) in [6, 6.07) is 140. The predicted octanol–water partition coefficient (Wildman–Crippen LogP) is 27.3. The average molecular weight is 1480 g/mol. The Balaban J connectivity index is 0.826. The molecule has 0 bridgehead atoms. The van der Waals surface area contributed by atoms with Crippen LogP contribution in [0.1, 0.15) is 0 Å². The highest BCUT2D eigenvalue weighted by molar-refractivity contribution is 6.18. The van der Waals surface area contributed by atoms with Crippen molar-refractivity contribution in [3.8, 4) is 90.5 Å². The summed E-state index contributed by atoms with van der Waals surface area (Å²) in [7, 11) is 0. The molecule has 10 nitrogen and oxygen atoms in total. The quantitative estimate of drug-likeness (QED) is 0.121. The maximum absolute atomic E-state index is 8.71. The molecule has 538 valence electrons. The van der Waals surface area contributed by atoms with Crippen LogP contribution in [0, 0.1) is 6.57 Å². The molecular weight excluding hydrogens is 1410 g/mol. The third-order valence-electron chi connectivity index (χ3n) is 23.9. The smallest absolute Gasteiger partial charge is 0.194 e. The first kappa shape index (κ1) is 64.8. The second kappa shape index (κ2) is 25.5. The van der Waals surface area contributed by atoms with Crippen LogP contribution in [0.4, 0.5) is 5.69 Å². The Morgan fingerprint density at radius 3 is 0.810 bits per heavy atom. The summed E-state index contributed by atoms with van der Waals surface area (Å²) in [6.45, 7) is 8.71. The lowest BCUT2D eigenvalue weighted by molar-refractivity contribution is 1.07. The van der Waals surface area contributed by atoms with Gasteiger partial charge in [-0.2, -0.15) is 0 Å². The number of benzene rings is 17. The molecule has 17 aromatic carbocycles. The van der Waals surface area contributed by atoms with Gasteiger partial charge in [-0.1, -0.05) is 243 Å². The second-order valence-corrected chi connectivity index (χ2v) is 30.1. The molecule has 0 fully saturated rings. The number of para-hydroxylation sites is 9. The first-order valence-corrected chi connectivity index (χ1v) is 39.3. The number of hydrogen-bond donors (Lipinski definition) is 0. The summed E-state index contributed by atoms with van der Waals surface area (Å²) >= 11 is 0. The third kappa shape index (κ3) is 9.79. The van der Waals surface area contributed by atoms with Gasteiger partial charge in [-0.25, -0.2) is 19.8 Å². The Kier molecular flexibility index (Phi) is 14.3. The Bertz CT molecular complexity index is 7690. The lowest BCUT2D eigenvalue weighted by atomic mass is 9.94. The standard InChI is InChI=1S/C106H64N10/c1-107-89-39-17-8-30-74(89)68-48-54-83(103(61-68)116-101-58-52-72(113-94-44-22-13-35-79(94)80-36-14-23-45-95(80)113)64-87(101)88-65-73(53-59-102(88)116)114-96-46-24-15-37-81(96)82-38-16-25-47-97(82)114)84-60-69(106-109-104(66-26-4-2-5-27-66)108-105(110-106)67-28-6-3-7-29-67)49-55-98(84)115-99-56-50-70(111-90-40-18-9-31-75(90)76-32-10-19-41-91(76)111)62-85(99)86-63-71(51-57-100(86)115)112-92-42-20-11-33-77(92)78-34-12-21-43-93(78)112/h2-65H. The van der Waals surface area contributed by atoms with Crippen molar-refractivity contribution in [1.29, 1.82) is 0 Å². The minimum atomic E-state index is 0.524. The van der Waals surface area contributed by atoms with Crippen LogP contribution in [0.2, 0.25) is 0 Å². The molecule has 0 amide bonds. The SMILES string of the molecule is [C-]#[N+]c1ccccc1-c1ccc(-c2cc(-c3nc(-c4ccccc4)nc(-c4ccccc4)n3)ccc2-n2c3ccc(-n4c5ccccc5c5ccccc54)cc3c3cc(-n4c5ccccc5c5ccccc54)ccc32)c(-n2c3ccc(-n4c5ccccc5c5ccccc54)cc3c3cc(-n4c5ccccc5c5ccccc54)ccc32)c1. The molecule has 0 aliphatic carbocycles. The van der Waals surface area contributed by atoms with Gasteiger partial charge in [-0.3, -0.25) is 0 Å². The van der Waals surface area contributed by atoms with Gasteiger partial charge in [0, 0.05) is 115 Å². The zero-order valence-corrected chi connectivity index (χ0v) is 62.4. The van der Waals surface area contributed by atoms with Crippen molar-refractivity contribution in [2.24, 2.45) is 0 Å². The molecule has 0 unspecified atom stereocenters. The van der Waals surface area contributed by atoms with E-state index in [0.29, 0.717) is 23.2 Å². The fourth-order valence-electron chi connectivity index (χ4n) is 18.8. The molecule has 0 radical (unpaired) electrons. The minimum Gasteiger partial charge on any atom is -0.309 e. The zero-order chi connectivity index (χ0) is 76.2. The molecule has 7 aromatic heterocycles. The van der Waals surface area contributed by atoms with E-state index < -0.39 is 0 Å². The average Bonchev–Trinajstić information content (AvgIpc) is 1.55. The van der Waals surface area contributed by atoms with Gasteiger partial charge in [-0.05, 0) is 157 Å². The monoisotopic (exact) mass is 1480 g/mol. The Morgan fingerprint density at radius 1 is 0.181 bits per heavy atom. The highest BCUT2D eigenvalue weighted by Gasteiger charge is 2.28. The third-order valence-corrected chi connectivity index (χ3v) is 23.9. The van der Waals surface area contributed by atoms with Gasteiger partial charge in [0.15, 0.2) is 23.2 Å². The lowest BCUT2D eigenvalue weighted by Crippen LogP contribution is -2.04. The summed E-state index contributed by atoms with van der Waals surface area (Å²) in [5.74, 6) is 1.65. The number of nitrogens with zero attached hydrogens (tertiary/aromatic N) is 10. The van der Waals surface area contributed by atoms with Crippen LogP contribution in [-0.4, -0.2) is 42.4 Å². The topological polar surface area (TPSA) is 72.6 Å². The van der Waals surface area contributed by atoms with E-state index in [9.17, 15) is 0 Å². The fraction of sp³-hybridized carbons (Fsp3) is 0. The van der Waals surface area contributed by atoms with E-state index in [1.807, 2.05) is 54.6 Å². The highest BCUT2D eigenvalue weighted by atomic mass is 15.1. The molecule has 0 atom stereocenters. The van der Waals surface area contributed by atoms with Crippen molar-refractivity contribution in [1.82, 2.24) is 42.4 Å². The van der Waals surface area contributed by atoms with Crippen molar-refractivity contribution in [2.75, 3.05) is 0 Å². The Labute approximate surface area is 664 Å².